The average Bonchev–Trinajstić information content (AvgIpc) is 2.74. The van der Waals surface area contributed by atoms with E-state index in [1.165, 1.54) is 35.3 Å². The molecule has 0 amide bonds. The fourth-order valence-electron chi connectivity index (χ4n) is 1.30. The smallest absolute Gasteiger partial charge is 0.247 e. The zero-order valence-corrected chi connectivity index (χ0v) is 10.2. The van der Waals surface area contributed by atoms with Crippen LogP contribution < -0.4 is 4.72 Å². The van der Waals surface area contributed by atoms with Crippen molar-refractivity contribution in [2.24, 2.45) is 7.05 Å². The van der Waals surface area contributed by atoms with Crippen molar-refractivity contribution in [2.45, 2.75) is 4.90 Å². The van der Waals surface area contributed by atoms with Gasteiger partial charge in [-0.25, -0.2) is 17.8 Å². The monoisotopic (exact) mass is 263 g/mol. The first-order valence-electron chi connectivity index (χ1n) is 4.90. The van der Waals surface area contributed by atoms with Gasteiger partial charge in [0.1, 0.15) is 6.33 Å². The van der Waals surface area contributed by atoms with Crippen LogP contribution in [-0.4, -0.2) is 23.2 Å². The molecule has 0 atom stereocenters. The summed E-state index contributed by atoms with van der Waals surface area (Å²) in [4.78, 5) is 3.77. The molecule has 92 valence electrons. The summed E-state index contributed by atoms with van der Waals surface area (Å²) >= 11 is 0. The second-order valence-electron chi connectivity index (χ2n) is 3.45. The van der Waals surface area contributed by atoms with Crippen LogP contribution in [0.1, 0.15) is 5.56 Å². The van der Waals surface area contributed by atoms with E-state index in [0.29, 0.717) is 0 Å². The van der Waals surface area contributed by atoms with Crippen LogP contribution in [0.2, 0.25) is 0 Å². The molecule has 0 aliphatic carbocycles. The van der Waals surface area contributed by atoms with Crippen LogP contribution in [0, 0.1) is 11.3 Å². The molecule has 1 aromatic carbocycles. The molecule has 18 heavy (non-hydrogen) atoms. The van der Waals surface area contributed by atoms with Gasteiger partial charge in [-0.2, -0.15) is 15.3 Å². The number of hydrogen-bond donors (Lipinski definition) is 1. The third-order valence-corrected chi connectivity index (χ3v) is 3.54. The summed E-state index contributed by atoms with van der Waals surface area (Å²) in [6, 6.07) is 7.61. The molecular weight excluding hydrogens is 254 g/mol. The third kappa shape index (κ3) is 2.31. The first-order chi connectivity index (χ1) is 8.53. The number of aryl methyl sites for hydroxylation is 1. The zero-order valence-electron chi connectivity index (χ0n) is 9.40. The van der Waals surface area contributed by atoms with E-state index in [1.54, 1.807) is 7.05 Å². The van der Waals surface area contributed by atoms with Gasteiger partial charge in [-0.3, -0.25) is 0 Å². The van der Waals surface area contributed by atoms with Crippen LogP contribution in [0.25, 0.3) is 0 Å². The van der Waals surface area contributed by atoms with Crippen molar-refractivity contribution in [2.75, 3.05) is 4.72 Å². The first kappa shape index (κ1) is 12.1. The molecule has 0 radical (unpaired) electrons. The maximum atomic E-state index is 12.0. The summed E-state index contributed by atoms with van der Waals surface area (Å²) in [6.45, 7) is 0. The molecular formula is C10H9N5O2S. The van der Waals surface area contributed by atoms with Crippen LogP contribution in [0.3, 0.4) is 0 Å². The number of sulfonamides is 1. The molecule has 0 bridgehead atoms. The van der Waals surface area contributed by atoms with Gasteiger partial charge in [0.05, 0.1) is 16.5 Å². The van der Waals surface area contributed by atoms with Crippen LogP contribution in [0.15, 0.2) is 35.5 Å². The van der Waals surface area contributed by atoms with Crippen molar-refractivity contribution in [3.63, 3.8) is 0 Å². The second kappa shape index (κ2) is 4.46. The van der Waals surface area contributed by atoms with Gasteiger partial charge in [-0.1, -0.05) is 6.07 Å². The fourth-order valence-corrected chi connectivity index (χ4v) is 2.38. The highest BCUT2D eigenvalue weighted by Gasteiger charge is 2.16. The minimum Gasteiger partial charge on any atom is -0.247 e. The highest BCUT2D eigenvalue weighted by atomic mass is 32.2. The maximum absolute atomic E-state index is 12.0. The Labute approximate surface area is 104 Å². The number of nitriles is 1. The minimum absolute atomic E-state index is 0.00421. The molecule has 2 rings (SSSR count). The van der Waals surface area contributed by atoms with Crippen LogP contribution in [0.5, 0.6) is 0 Å². The molecule has 1 heterocycles. The van der Waals surface area contributed by atoms with Crippen LogP contribution >= 0.6 is 0 Å². The van der Waals surface area contributed by atoms with Gasteiger partial charge < -0.3 is 0 Å². The first-order valence-corrected chi connectivity index (χ1v) is 6.38. The normalized spacial score (nSPS) is 10.9. The minimum atomic E-state index is -3.76. The molecule has 0 aliphatic rings. The summed E-state index contributed by atoms with van der Waals surface area (Å²) in [6.07, 6.45) is 1.24. The summed E-state index contributed by atoms with van der Waals surface area (Å²) in [5.41, 5.74) is 0.274. The lowest BCUT2D eigenvalue weighted by Gasteiger charge is -2.06. The number of anilines is 1. The highest BCUT2D eigenvalue weighted by molar-refractivity contribution is 7.92. The Morgan fingerprint density at radius 2 is 2.22 bits per heavy atom. The van der Waals surface area contributed by atoms with Crippen molar-refractivity contribution in [1.29, 1.82) is 5.26 Å². The van der Waals surface area contributed by atoms with Gasteiger partial charge in [0.25, 0.3) is 10.0 Å². The molecule has 0 fully saturated rings. The second-order valence-corrected chi connectivity index (χ2v) is 5.13. The van der Waals surface area contributed by atoms with E-state index < -0.39 is 10.0 Å². The molecule has 0 saturated heterocycles. The molecule has 1 N–H and O–H groups in total. The summed E-state index contributed by atoms with van der Waals surface area (Å²) < 4.78 is 27.6. The van der Waals surface area contributed by atoms with E-state index in [9.17, 15) is 8.42 Å². The molecule has 0 saturated carbocycles. The van der Waals surface area contributed by atoms with Crippen molar-refractivity contribution in [1.82, 2.24) is 14.8 Å². The number of hydrogen-bond acceptors (Lipinski definition) is 5. The Balaban J connectivity index is 2.37. The average molecular weight is 263 g/mol. The largest absolute Gasteiger partial charge is 0.264 e. The van der Waals surface area contributed by atoms with Gasteiger partial charge >= 0.3 is 0 Å². The van der Waals surface area contributed by atoms with Crippen molar-refractivity contribution in [3.05, 3.63) is 36.2 Å². The molecule has 1 aromatic heterocycles. The lowest BCUT2D eigenvalue weighted by molar-refractivity contribution is 0.600. The van der Waals surface area contributed by atoms with E-state index in [-0.39, 0.29) is 16.4 Å². The summed E-state index contributed by atoms with van der Waals surface area (Å²) in [5, 5.41) is 12.5. The summed E-state index contributed by atoms with van der Waals surface area (Å²) in [5.74, 6) is 0.109. The molecule has 0 aliphatic heterocycles. The van der Waals surface area contributed by atoms with Gasteiger partial charge in [-0.05, 0) is 18.2 Å². The number of benzene rings is 1. The van der Waals surface area contributed by atoms with Crippen LogP contribution in [0.4, 0.5) is 5.95 Å². The molecule has 7 nitrogen and oxygen atoms in total. The number of nitrogens with zero attached hydrogens (tertiary/aromatic N) is 4. The third-order valence-electron chi connectivity index (χ3n) is 2.21. The van der Waals surface area contributed by atoms with Crippen molar-refractivity contribution >= 4 is 16.0 Å². The SMILES string of the molecule is Cn1ncnc1NS(=O)(=O)c1cccc(C#N)c1. The Hall–Kier alpha value is -2.40. The Morgan fingerprint density at radius 3 is 2.83 bits per heavy atom. The number of aromatic nitrogens is 3. The number of nitrogens with one attached hydrogen (secondary N) is 1. The lowest BCUT2D eigenvalue weighted by atomic mass is 10.2. The van der Waals surface area contributed by atoms with Crippen molar-refractivity contribution < 1.29 is 8.42 Å². The standard InChI is InChI=1S/C10H9N5O2S/c1-15-10(12-7-13-15)14-18(16,17)9-4-2-3-8(5-9)6-11/h2-5,7H,1H3,(H,12,13,14). The predicted octanol–water partition coefficient (Wildman–Crippen LogP) is 0.488. The number of rotatable bonds is 3. The van der Waals surface area contributed by atoms with Crippen molar-refractivity contribution in [3.8, 4) is 6.07 Å². The Kier molecular flexibility index (Phi) is 2.99. The highest BCUT2D eigenvalue weighted by Crippen LogP contribution is 2.14. The zero-order chi connectivity index (χ0) is 13.2. The Bertz CT molecular complexity index is 714. The van der Waals surface area contributed by atoms with E-state index in [0.717, 1.165) is 0 Å². The molecule has 0 spiro atoms. The lowest BCUT2D eigenvalue weighted by Crippen LogP contribution is -2.16. The van der Waals surface area contributed by atoms with Crippen LogP contribution in [-0.2, 0) is 17.1 Å². The molecule has 2 aromatic rings. The van der Waals surface area contributed by atoms with Gasteiger partial charge in [0.2, 0.25) is 5.95 Å². The maximum Gasteiger partial charge on any atom is 0.264 e. The quantitative estimate of drug-likeness (QED) is 0.868. The fraction of sp³-hybridized carbons (Fsp3) is 0.100. The predicted molar refractivity (Wildman–Crippen MR) is 63.0 cm³/mol. The van der Waals surface area contributed by atoms with Gasteiger partial charge in [-0.15, -0.1) is 0 Å². The van der Waals surface area contributed by atoms with E-state index in [4.69, 9.17) is 5.26 Å². The van der Waals surface area contributed by atoms with E-state index >= 15 is 0 Å². The Morgan fingerprint density at radius 1 is 1.44 bits per heavy atom. The summed E-state index contributed by atoms with van der Waals surface area (Å²) in [7, 11) is -2.20. The molecule has 8 heteroatoms. The van der Waals surface area contributed by atoms with Gasteiger partial charge in [0.15, 0.2) is 0 Å². The molecule has 0 unspecified atom stereocenters. The van der Waals surface area contributed by atoms with Gasteiger partial charge in [0, 0.05) is 7.05 Å². The van der Waals surface area contributed by atoms with E-state index in [1.807, 2.05) is 6.07 Å². The topological polar surface area (TPSA) is 101 Å². The van der Waals surface area contributed by atoms with E-state index in [2.05, 4.69) is 14.8 Å².